The van der Waals surface area contributed by atoms with Crippen molar-refractivity contribution in [1.29, 1.82) is 0 Å². The van der Waals surface area contributed by atoms with Crippen molar-refractivity contribution in [1.82, 2.24) is 0 Å². The topological polar surface area (TPSA) is 0 Å². The third kappa shape index (κ3) is 3.56. The van der Waals surface area contributed by atoms with Crippen molar-refractivity contribution < 1.29 is 0 Å². The van der Waals surface area contributed by atoms with Gasteiger partial charge in [0.1, 0.15) is 0 Å². The molecule has 0 aliphatic carbocycles. The van der Waals surface area contributed by atoms with Crippen molar-refractivity contribution in [3.8, 4) is 0 Å². The van der Waals surface area contributed by atoms with Crippen LogP contribution in [0.1, 0.15) is 11.1 Å². The van der Waals surface area contributed by atoms with Gasteiger partial charge < -0.3 is 0 Å². The highest BCUT2D eigenvalue weighted by atomic mass is 35.5. The molecule has 0 atom stereocenters. The number of thioether (sulfide) groups is 1. The second kappa shape index (κ2) is 5.67. The first-order valence-corrected chi connectivity index (χ1v) is 6.80. The quantitative estimate of drug-likeness (QED) is 0.553. The summed E-state index contributed by atoms with van der Waals surface area (Å²) in [6.07, 6.45) is 0. The maximum absolute atomic E-state index is 5.84. The molecule has 0 aliphatic heterocycles. The van der Waals surface area contributed by atoms with E-state index in [1.54, 1.807) is 11.8 Å². The van der Waals surface area contributed by atoms with Crippen molar-refractivity contribution in [2.45, 2.75) is 11.8 Å². The van der Waals surface area contributed by atoms with Gasteiger partial charge in [0, 0.05) is 9.92 Å². The Labute approximate surface area is 116 Å². The molecule has 0 saturated carbocycles. The van der Waals surface area contributed by atoms with Crippen LogP contribution in [0, 0.1) is 6.92 Å². The first kappa shape index (κ1) is 12.6. The van der Waals surface area contributed by atoms with Gasteiger partial charge in [-0.25, -0.2) is 0 Å². The molecule has 2 rings (SSSR count). The fourth-order valence-electron chi connectivity index (χ4n) is 1.36. The molecule has 0 unspecified atom stereocenters. The number of rotatable bonds is 2. The largest absolute Gasteiger partial charge is 0.0843 e. The highest BCUT2D eigenvalue weighted by Gasteiger charge is 2.03. The summed E-state index contributed by atoms with van der Waals surface area (Å²) in [5.74, 6) is 0. The van der Waals surface area contributed by atoms with Crippen LogP contribution in [-0.2, 0) is 0 Å². The minimum absolute atomic E-state index is 0.733. The Bertz CT molecular complexity index is 515. The molecule has 0 bridgehead atoms. The average Bonchev–Trinajstić information content (AvgIpc) is 2.33. The summed E-state index contributed by atoms with van der Waals surface area (Å²) in [6, 6.07) is 16.0. The van der Waals surface area contributed by atoms with E-state index in [2.05, 4.69) is 31.2 Å². The smallest absolute Gasteiger partial charge is 0.0825 e. The molecule has 0 aromatic heterocycles. The molecule has 0 fully saturated rings. The minimum Gasteiger partial charge on any atom is -0.0843 e. The van der Waals surface area contributed by atoms with Gasteiger partial charge in [0.2, 0.25) is 0 Å². The Morgan fingerprint density at radius 1 is 1.00 bits per heavy atom. The van der Waals surface area contributed by atoms with E-state index in [4.69, 9.17) is 23.8 Å². The van der Waals surface area contributed by atoms with Gasteiger partial charge in [-0.3, -0.25) is 0 Å². The van der Waals surface area contributed by atoms with Crippen LogP contribution in [0.4, 0.5) is 0 Å². The van der Waals surface area contributed by atoms with Crippen LogP contribution < -0.4 is 0 Å². The molecular weight excluding hydrogens is 268 g/mol. The maximum atomic E-state index is 5.84. The Balaban J connectivity index is 2.11. The molecule has 0 N–H and O–H groups in total. The predicted molar refractivity (Wildman–Crippen MR) is 80.2 cm³/mol. The number of hydrogen-bond acceptors (Lipinski definition) is 2. The van der Waals surface area contributed by atoms with Gasteiger partial charge in [0.15, 0.2) is 0 Å². The number of hydrogen-bond donors (Lipinski definition) is 0. The lowest BCUT2D eigenvalue weighted by Gasteiger charge is -2.04. The zero-order valence-corrected chi connectivity index (χ0v) is 11.7. The fourth-order valence-corrected chi connectivity index (χ4v) is 2.65. The summed E-state index contributed by atoms with van der Waals surface area (Å²) in [5.41, 5.74) is 2.29. The van der Waals surface area contributed by atoms with E-state index in [-0.39, 0.29) is 0 Å². The summed E-state index contributed by atoms with van der Waals surface area (Å²) in [6.45, 7) is 2.08. The highest BCUT2D eigenvalue weighted by Crippen LogP contribution is 2.24. The predicted octanol–water partition coefficient (Wildman–Crippen LogP) is 5.12. The molecule has 3 heteroatoms. The third-order valence-electron chi connectivity index (χ3n) is 2.31. The lowest BCUT2D eigenvalue weighted by molar-refractivity contribution is 1.38. The van der Waals surface area contributed by atoms with Crippen molar-refractivity contribution >= 4 is 39.8 Å². The highest BCUT2D eigenvalue weighted by molar-refractivity contribution is 8.23. The van der Waals surface area contributed by atoms with E-state index in [0.29, 0.717) is 0 Å². The Morgan fingerprint density at radius 3 is 2.18 bits per heavy atom. The molecule has 17 heavy (non-hydrogen) atoms. The second-order valence-corrected chi connectivity index (χ2v) is 5.90. The summed E-state index contributed by atoms with van der Waals surface area (Å²) < 4.78 is 0.866. The number of benzene rings is 2. The minimum atomic E-state index is 0.733. The zero-order valence-electron chi connectivity index (χ0n) is 9.31. The van der Waals surface area contributed by atoms with E-state index < -0.39 is 0 Å². The van der Waals surface area contributed by atoms with E-state index in [9.17, 15) is 0 Å². The first-order valence-electron chi connectivity index (χ1n) is 5.19. The van der Waals surface area contributed by atoms with Crippen molar-refractivity contribution in [3.63, 3.8) is 0 Å². The van der Waals surface area contributed by atoms with E-state index in [1.165, 1.54) is 5.56 Å². The van der Waals surface area contributed by atoms with Gasteiger partial charge in [-0.2, -0.15) is 0 Å². The van der Waals surface area contributed by atoms with Crippen LogP contribution in [0.3, 0.4) is 0 Å². The Hall–Kier alpha value is -0.830. The molecule has 0 nitrogen and oxygen atoms in total. The molecule has 0 spiro atoms. The molecule has 0 saturated heterocycles. The molecule has 2 aromatic carbocycles. The summed E-state index contributed by atoms with van der Waals surface area (Å²) in [7, 11) is 0. The molecular formula is C14H11ClS2. The summed E-state index contributed by atoms with van der Waals surface area (Å²) >= 11 is 12.8. The van der Waals surface area contributed by atoms with Gasteiger partial charge in [-0.15, -0.1) is 0 Å². The lowest BCUT2D eigenvalue weighted by atomic mass is 10.2. The maximum Gasteiger partial charge on any atom is 0.0825 e. The third-order valence-corrected chi connectivity index (χ3v) is 3.98. The van der Waals surface area contributed by atoms with Crippen LogP contribution in [0.5, 0.6) is 0 Å². The number of thiocarbonyl (C=S) groups is 1. The average molecular weight is 279 g/mol. The summed E-state index contributed by atoms with van der Waals surface area (Å²) in [5, 5.41) is 0.733. The second-order valence-electron chi connectivity index (χ2n) is 3.71. The van der Waals surface area contributed by atoms with Crippen molar-refractivity contribution in [2.75, 3.05) is 0 Å². The van der Waals surface area contributed by atoms with Crippen molar-refractivity contribution in [2.24, 2.45) is 0 Å². The normalized spacial score (nSPS) is 10.2. The van der Waals surface area contributed by atoms with Gasteiger partial charge in [-0.1, -0.05) is 65.4 Å². The molecule has 0 heterocycles. The van der Waals surface area contributed by atoms with Gasteiger partial charge in [-0.05, 0) is 36.8 Å². The van der Waals surface area contributed by atoms with Crippen LogP contribution >= 0.6 is 35.6 Å². The molecule has 2 aromatic rings. The Morgan fingerprint density at radius 2 is 1.59 bits per heavy atom. The SMILES string of the molecule is Cc1ccc(SC(=S)c2ccc(Cl)cc2)cc1. The van der Waals surface area contributed by atoms with E-state index in [0.717, 1.165) is 19.7 Å². The van der Waals surface area contributed by atoms with Crippen LogP contribution in [-0.4, -0.2) is 4.20 Å². The van der Waals surface area contributed by atoms with Crippen LogP contribution in [0.15, 0.2) is 53.4 Å². The van der Waals surface area contributed by atoms with Gasteiger partial charge in [0.25, 0.3) is 0 Å². The monoisotopic (exact) mass is 278 g/mol. The van der Waals surface area contributed by atoms with Crippen LogP contribution in [0.2, 0.25) is 5.02 Å². The number of aryl methyl sites for hydroxylation is 1. The number of halogens is 1. The molecule has 0 amide bonds. The van der Waals surface area contributed by atoms with Gasteiger partial charge >= 0.3 is 0 Å². The summed E-state index contributed by atoms with van der Waals surface area (Å²) in [4.78, 5) is 1.16. The first-order chi connectivity index (χ1) is 8.15. The zero-order chi connectivity index (χ0) is 12.3. The lowest BCUT2D eigenvalue weighted by Crippen LogP contribution is -1.90. The van der Waals surface area contributed by atoms with E-state index >= 15 is 0 Å². The molecule has 0 aliphatic rings. The fraction of sp³-hybridized carbons (Fsp3) is 0.0714. The van der Waals surface area contributed by atoms with Crippen molar-refractivity contribution in [3.05, 3.63) is 64.7 Å². The molecule has 86 valence electrons. The Kier molecular flexibility index (Phi) is 4.21. The van der Waals surface area contributed by atoms with Crippen LogP contribution in [0.25, 0.3) is 0 Å². The standard InChI is InChI=1S/C14H11ClS2/c1-10-2-8-13(9-3-10)17-14(16)11-4-6-12(15)7-5-11/h2-9H,1H3. The van der Waals surface area contributed by atoms with Gasteiger partial charge in [0.05, 0.1) is 4.20 Å². The molecule has 0 radical (unpaired) electrons. The van der Waals surface area contributed by atoms with E-state index in [1.807, 2.05) is 24.3 Å².